The topological polar surface area (TPSA) is 58.2 Å². The molecule has 0 spiro atoms. The summed E-state index contributed by atoms with van der Waals surface area (Å²) < 4.78 is 0. The summed E-state index contributed by atoms with van der Waals surface area (Å²) in [7, 11) is 0. The zero-order valence-electron chi connectivity index (χ0n) is 8.38. The van der Waals surface area contributed by atoms with Crippen LogP contribution < -0.4 is 10.6 Å². The molecule has 2 rings (SSSR count). The van der Waals surface area contributed by atoms with Gasteiger partial charge < -0.3 is 10.6 Å². The smallest absolute Gasteiger partial charge is 0.242 e. The van der Waals surface area contributed by atoms with Gasteiger partial charge in [-0.05, 0) is 32.6 Å². The molecule has 2 N–H and O–H groups in total. The summed E-state index contributed by atoms with van der Waals surface area (Å²) in [6.07, 6.45) is 4.11. The number of hydrogen-bond donors (Lipinski definition) is 2. The Hall–Kier alpha value is -1.06. The van der Waals surface area contributed by atoms with Gasteiger partial charge >= 0.3 is 0 Å². The molecule has 1 atom stereocenters. The van der Waals surface area contributed by atoms with Crippen molar-refractivity contribution in [1.82, 2.24) is 10.6 Å². The molecule has 0 aromatic rings. The van der Waals surface area contributed by atoms with Crippen molar-refractivity contribution in [3.8, 4) is 0 Å². The van der Waals surface area contributed by atoms with Gasteiger partial charge in [-0.15, -0.1) is 0 Å². The first-order valence-electron chi connectivity index (χ1n) is 5.27. The molecule has 78 valence electrons. The van der Waals surface area contributed by atoms with E-state index in [1.165, 1.54) is 0 Å². The van der Waals surface area contributed by atoms with Crippen molar-refractivity contribution < 1.29 is 9.59 Å². The molecule has 1 unspecified atom stereocenters. The third-order valence-corrected chi connectivity index (χ3v) is 2.62. The van der Waals surface area contributed by atoms with Crippen LogP contribution in [-0.4, -0.2) is 23.9 Å². The summed E-state index contributed by atoms with van der Waals surface area (Å²) in [5.41, 5.74) is 0. The Morgan fingerprint density at radius 1 is 1.21 bits per heavy atom. The highest BCUT2D eigenvalue weighted by Crippen LogP contribution is 2.28. The number of nitrogens with one attached hydrogen (secondary N) is 2. The monoisotopic (exact) mass is 196 g/mol. The summed E-state index contributed by atoms with van der Waals surface area (Å²) in [5.74, 6) is 0.149. The van der Waals surface area contributed by atoms with Crippen LogP contribution in [0.5, 0.6) is 0 Å². The fourth-order valence-corrected chi connectivity index (χ4v) is 1.30. The minimum atomic E-state index is -0.385. The van der Waals surface area contributed by atoms with Gasteiger partial charge in [0.05, 0.1) is 0 Å². The number of amides is 2. The Labute approximate surface area is 83.4 Å². The molecule has 0 aromatic heterocycles. The zero-order chi connectivity index (χ0) is 10.1. The van der Waals surface area contributed by atoms with Gasteiger partial charge in [-0.1, -0.05) is 0 Å². The van der Waals surface area contributed by atoms with E-state index in [2.05, 4.69) is 10.6 Å². The van der Waals surface area contributed by atoms with Crippen LogP contribution in [0.15, 0.2) is 0 Å². The van der Waals surface area contributed by atoms with Gasteiger partial charge in [0, 0.05) is 12.0 Å². The van der Waals surface area contributed by atoms with Gasteiger partial charge in [0.1, 0.15) is 6.04 Å². The highest BCUT2D eigenvalue weighted by Gasteiger charge is 2.32. The van der Waals surface area contributed by atoms with Crippen LogP contribution in [0.4, 0.5) is 0 Å². The van der Waals surface area contributed by atoms with Gasteiger partial charge in [-0.3, -0.25) is 9.59 Å². The molecule has 14 heavy (non-hydrogen) atoms. The maximum absolute atomic E-state index is 11.4. The zero-order valence-corrected chi connectivity index (χ0v) is 8.38. The fourth-order valence-electron chi connectivity index (χ4n) is 1.30. The third-order valence-electron chi connectivity index (χ3n) is 2.62. The van der Waals surface area contributed by atoms with E-state index in [9.17, 15) is 9.59 Å². The molecule has 4 heteroatoms. The van der Waals surface area contributed by atoms with Crippen molar-refractivity contribution in [3.63, 3.8) is 0 Å². The van der Waals surface area contributed by atoms with Gasteiger partial charge in [0.2, 0.25) is 11.8 Å². The predicted molar refractivity (Wildman–Crippen MR) is 51.5 cm³/mol. The van der Waals surface area contributed by atoms with E-state index in [4.69, 9.17) is 0 Å². The summed E-state index contributed by atoms with van der Waals surface area (Å²) >= 11 is 0. The maximum Gasteiger partial charge on any atom is 0.242 e. The second kappa shape index (κ2) is 3.59. The number of carbonyl (C=O) groups is 2. The minimum Gasteiger partial charge on any atom is -0.352 e. The van der Waals surface area contributed by atoms with Crippen LogP contribution in [-0.2, 0) is 9.59 Å². The summed E-state index contributed by atoms with van der Waals surface area (Å²) in [6, 6.07) is -0.0218. The molecular weight excluding hydrogens is 180 g/mol. The lowest BCUT2D eigenvalue weighted by Gasteiger charge is -2.13. The van der Waals surface area contributed by atoms with Crippen LogP contribution in [0.25, 0.3) is 0 Å². The highest BCUT2D eigenvalue weighted by molar-refractivity contribution is 5.89. The van der Waals surface area contributed by atoms with Crippen LogP contribution in [0.1, 0.15) is 32.6 Å². The molecule has 2 aliphatic carbocycles. The second-order valence-corrected chi connectivity index (χ2v) is 4.29. The second-order valence-electron chi connectivity index (χ2n) is 4.29. The number of carbonyl (C=O) groups excluding carboxylic acids is 2. The Morgan fingerprint density at radius 3 is 2.36 bits per heavy atom. The molecule has 4 nitrogen and oxygen atoms in total. The van der Waals surface area contributed by atoms with Crippen LogP contribution in [0, 0.1) is 5.92 Å². The Balaban J connectivity index is 1.72. The first kappa shape index (κ1) is 9.49. The molecule has 2 saturated carbocycles. The van der Waals surface area contributed by atoms with E-state index in [0.717, 1.165) is 25.7 Å². The largest absolute Gasteiger partial charge is 0.352 e. The molecule has 0 aliphatic heterocycles. The lowest BCUT2D eigenvalue weighted by atomic mass is 10.3. The van der Waals surface area contributed by atoms with Gasteiger partial charge in [0.15, 0.2) is 0 Å². The molecule has 0 heterocycles. The lowest BCUT2D eigenvalue weighted by Crippen LogP contribution is -2.45. The van der Waals surface area contributed by atoms with Crippen molar-refractivity contribution >= 4 is 11.8 Å². The molecule has 2 fully saturated rings. The molecule has 0 saturated heterocycles. The number of rotatable bonds is 4. The van der Waals surface area contributed by atoms with E-state index in [1.807, 2.05) is 0 Å². The molecule has 0 radical (unpaired) electrons. The Morgan fingerprint density at radius 2 is 1.86 bits per heavy atom. The van der Waals surface area contributed by atoms with Crippen LogP contribution in [0.2, 0.25) is 0 Å². The number of hydrogen-bond acceptors (Lipinski definition) is 2. The molecule has 2 aliphatic rings. The fraction of sp³-hybridized carbons (Fsp3) is 0.800. The summed E-state index contributed by atoms with van der Waals surface area (Å²) in [4.78, 5) is 22.8. The highest BCUT2D eigenvalue weighted by atomic mass is 16.2. The van der Waals surface area contributed by atoms with Crippen molar-refractivity contribution in [3.05, 3.63) is 0 Å². The standard InChI is InChI=1S/C10H16N2O2/c1-6(9(13)12-8-4-5-8)11-10(14)7-2-3-7/h6-8H,2-5H2,1H3,(H,11,14)(H,12,13). The quantitative estimate of drug-likeness (QED) is 0.674. The van der Waals surface area contributed by atoms with Crippen LogP contribution in [0.3, 0.4) is 0 Å². The van der Waals surface area contributed by atoms with E-state index < -0.39 is 0 Å². The minimum absolute atomic E-state index is 0.0310. The average molecular weight is 196 g/mol. The van der Waals surface area contributed by atoms with E-state index in [1.54, 1.807) is 6.92 Å². The van der Waals surface area contributed by atoms with E-state index >= 15 is 0 Å². The van der Waals surface area contributed by atoms with Crippen molar-refractivity contribution in [2.24, 2.45) is 5.92 Å². The average Bonchev–Trinajstić information content (AvgIpc) is 2.99. The first-order chi connectivity index (χ1) is 6.66. The lowest BCUT2D eigenvalue weighted by molar-refractivity contribution is -0.129. The molecule has 0 aromatic carbocycles. The molecule has 2 amide bonds. The van der Waals surface area contributed by atoms with Crippen molar-refractivity contribution in [2.75, 3.05) is 0 Å². The Kier molecular flexibility index (Phi) is 2.44. The van der Waals surface area contributed by atoms with Gasteiger partial charge in [-0.25, -0.2) is 0 Å². The molecule has 0 bridgehead atoms. The summed E-state index contributed by atoms with van der Waals surface area (Å²) in [6.45, 7) is 1.73. The van der Waals surface area contributed by atoms with Gasteiger partial charge in [0.25, 0.3) is 0 Å². The van der Waals surface area contributed by atoms with E-state index in [-0.39, 0.29) is 23.8 Å². The van der Waals surface area contributed by atoms with Crippen molar-refractivity contribution in [2.45, 2.75) is 44.7 Å². The first-order valence-corrected chi connectivity index (χ1v) is 5.27. The van der Waals surface area contributed by atoms with Crippen LogP contribution >= 0.6 is 0 Å². The van der Waals surface area contributed by atoms with Crippen molar-refractivity contribution in [1.29, 1.82) is 0 Å². The normalized spacial score (nSPS) is 22.6. The van der Waals surface area contributed by atoms with Gasteiger partial charge in [-0.2, -0.15) is 0 Å². The molecular formula is C10H16N2O2. The Bertz CT molecular complexity index is 257. The maximum atomic E-state index is 11.4. The SMILES string of the molecule is CC(NC(=O)C1CC1)C(=O)NC1CC1. The predicted octanol–water partition coefficient (Wildman–Crippen LogP) is 0.180. The van der Waals surface area contributed by atoms with E-state index in [0.29, 0.717) is 6.04 Å². The summed E-state index contributed by atoms with van der Waals surface area (Å²) in [5, 5.41) is 5.59. The third kappa shape index (κ3) is 2.47.